The van der Waals surface area contributed by atoms with E-state index in [2.05, 4.69) is 17.3 Å². The van der Waals surface area contributed by atoms with Crippen LogP contribution in [-0.4, -0.2) is 42.7 Å². The molecule has 0 aliphatic heterocycles. The lowest BCUT2D eigenvalue weighted by atomic mass is 10.1. The van der Waals surface area contributed by atoms with Crippen LogP contribution in [0.25, 0.3) is 0 Å². The van der Waals surface area contributed by atoms with Gasteiger partial charge < -0.3 is 15.3 Å². The van der Waals surface area contributed by atoms with Gasteiger partial charge in [-0.2, -0.15) is 0 Å². The molecule has 0 amide bonds. The van der Waals surface area contributed by atoms with Crippen LogP contribution < -0.4 is 5.32 Å². The summed E-state index contributed by atoms with van der Waals surface area (Å²) in [4.78, 5) is 2.35. The van der Waals surface area contributed by atoms with Crippen molar-refractivity contribution in [3.8, 4) is 0 Å². The lowest BCUT2D eigenvalue weighted by molar-refractivity contribution is 0.173. The molecule has 1 unspecified atom stereocenters. The number of likely N-dealkylation sites (N-methyl/N-ethyl adjacent to an activating group) is 1. The third kappa shape index (κ3) is 4.62. The molecule has 1 aromatic rings. The topological polar surface area (TPSA) is 35.5 Å². The number of rotatable bonds is 7. The first kappa shape index (κ1) is 15.1. The van der Waals surface area contributed by atoms with Gasteiger partial charge in [0, 0.05) is 41.3 Å². The molecule has 1 fully saturated rings. The third-order valence-corrected chi connectivity index (χ3v) is 4.05. The van der Waals surface area contributed by atoms with Crippen LogP contribution in [-0.2, 0) is 0 Å². The number of halogens is 2. The number of aliphatic hydroxyl groups is 1. The Morgan fingerprint density at radius 1 is 1.42 bits per heavy atom. The van der Waals surface area contributed by atoms with Crippen LogP contribution in [0.4, 0.5) is 0 Å². The van der Waals surface area contributed by atoms with Gasteiger partial charge in [-0.3, -0.25) is 0 Å². The van der Waals surface area contributed by atoms with Gasteiger partial charge >= 0.3 is 0 Å². The number of nitrogens with one attached hydrogen (secondary N) is 1. The van der Waals surface area contributed by atoms with E-state index in [1.165, 1.54) is 12.8 Å². The van der Waals surface area contributed by atoms with Crippen molar-refractivity contribution in [3.05, 3.63) is 33.8 Å². The van der Waals surface area contributed by atoms with Crippen LogP contribution in [0, 0.1) is 0 Å². The first-order valence-electron chi connectivity index (χ1n) is 6.62. The normalized spacial score (nSPS) is 16.9. The Morgan fingerprint density at radius 2 is 2.16 bits per heavy atom. The first-order valence-corrected chi connectivity index (χ1v) is 7.37. The summed E-state index contributed by atoms with van der Waals surface area (Å²) >= 11 is 12.0. The molecule has 3 nitrogen and oxygen atoms in total. The Bertz CT molecular complexity index is 424. The van der Waals surface area contributed by atoms with E-state index in [1.807, 2.05) is 0 Å². The van der Waals surface area contributed by atoms with E-state index in [4.69, 9.17) is 23.2 Å². The van der Waals surface area contributed by atoms with Gasteiger partial charge in [0.1, 0.15) is 0 Å². The van der Waals surface area contributed by atoms with E-state index in [9.17, 15) is 5.11 Å². The maximum Gasteiger partial charge on any atom is 0.0929 e. The molecule has 1 aliphatic rings. The fourth-order valence-corrected chi connectivity index (χ4v) is 2.50. The number of nitrogens with zero attached hydrogens (tertiary/aromatic N) is 1. The van der Waals surface area contributed by atoms with E-state index >= 15 is 0 Å². The maximum atomic E-state index is 10.1. The fraction of sp³-hybridized carbons (Fsp3) is 0.571. The summed E-state index contributed by atoms with van der Waals surface area (Å²) < 4.78 is 0. The van der Waals surface area contributed by atoms with E-state index < -0.39 is 6.10 Å². The lowest BCUT2D eigenvalue weighted by Gasteiger charge is -2.18. The first-order chi connectivity index (χ1) is 9.08. The second-order valence-electron chi connectivity index (χ2n) is 5.10. The Hall–Kier alpha value is -0.320. The van der Waals surface area contributed by atoms with E-state index in [-0.39, 0.29) is 0 Å². The molecule has 0 spiro atoms. The van der Waals surface area contributed by atoms with Crippen LogP contribution in [0.3, 0.4) is 0 Å². The molecular weight excluding hydrogens is 283 g/mol. The largest absolute Gasteiger partial charge is 0.387 e. The standard InChI is InChI=1S/C14H20Cl2N2O/c1-18(11-3-4-11)7-6-17-9-14(19)12-8-10(15)2-5-13(12)16/h2,5,8,11,14,17,19H,3-4,6-7,9H2,1H3. The highest BCUT2D eigenvalue weighted by atomic mass is 35.5. The van der Waals surface area contributed by atoms with Crippen molar-refractivity contribution in [3.63, 3.8) is 0 Å². The van der Waals surface area contributed by atoms with Crippen molar-refractivity contribution in [1.82, 2.24) is 10.2 Å². The molecule has 5 heteroatoms. The highest BCUT2D eigenvalue weighted by Gasteiger charge is 2.25. The molecule has 1 aromatic carbocycles. The second kappa shape index (κ2) is 6.91. The molecule has 0 heterocycles. The third-order valence-electron chi connectivity index (χ3n) is 3.47. The summed E-state index contributed by atoms with van der Waals surface area (Å²) in [5, 5.41) is 14.5. The average molecular weight is 303 g/mol. The smallest absolute Gasteiger partial charge is 0.0929 e. The minimum absolute atomic E-state index is 0.485. The number of hydrogen-bond donors (Lipinski definition) is 2. The predicted octanol–water partition coefficient (Wildman–Crippen LogP) is 2.71. The molecule has 0 bridgehead atoms. The number of hydrogen-bond acceptors (Lipinski definition) is 3. The highest BCUT2D eigenvalue weighted by molar-refractivity contribution is 6.33. The summed E-state index contributed by atoms with van der Waals surface area (Å²) in [5.74, 6) is 0. The van der Waals surface area contributed by atoms with Crippen LogP contribution >= 0.6 is 23.2 Å². The Morgan fingerprint density at radius 3 is 2.84 bits per heavy atom. The maximum absolute atomic E-state index is 10.1. The van der Waals surface area contributed by atoms with Crippen LogP contribution in [0.1, 0.15) is 24.5 Å². The van der Waals surface area contributed by atoms with Gasteiger partial charge in [-0.15, -0.1) is 0 Å². The summed E-state index contributed by atoms with van der Waals surface area (Å²) in [7, 11) is 2.14. The van der Waals surface area contributed by atoms with Gasteiger partial charge in [0.25, 0.3) is 0 Å². The van der Waals surface area contributed by atoms with Gasteiger partial charge in [0.15, 0.2) is 0 Å². The van der Waals surface area contributed by atoms with Gasteiger partial charge in [-0.1, -0.05) is 23.2 Å². The van der Waals surface area contributed by atoms with Crippen molar-refractivity contribution >= 4 is 23.2 Å². The predicted molar refractivity (Wildman–Crippen MR) is 79.9 cm³/mol. The van der Waals surface area contributed by atoms with E-state index in [1.54, 1.807) is 18.2 Å². The number of benzene rings is 1. The Labute approximate surface area is 124 Å². The molecule has 106 valence electrons. The molecule has 0 aromatic heterocycles. The summed E-state index contributed by atoms with van der Waals surface area (Å²) in [6.07, 6.45) is 2.01. The van der Waals surface area contributed by atoms with Crippen LogP contribution in [0.15, 0.2) is 18.2 Å². The van der Waals surface area contributed by atoms with E-state index in [0.717, 1.165) is 19.1 Å². The second-order valence-corrected chi connectivity index (χ2v) is 5.94. The minimum Gasteiger partial charge on any atom is -0.387 e. The van der Waals surface area contributed by atoms with Crippen molar-refractivity contribution in [1.29, 1.82) is 0 Å². The van der Waals surface area contributed by atoms with E-state index in [0.29, 0.717) is 22.2 Å². The summed E-state index contributed by atoms with van der Waals surface area (Å²) in [6, 6.07) is 5.92. The van der Waals surface area contributed by atoms with Gasteiger partial charge in [-0.05, 0) is 38.1 Å². The number of aliphatic hydroxyl groups excluding tert-OH is 1. The van der Waals surface area contributed by atoms with Gasteiger partial charge in [-0.25, -0.2) is 0 Å². The van der Waals surface area contributed by atoms with Crippen molar-refractivity contribution < 1.29 is 5.11 Å². The van der Waals surface area contributed by atoms with Crippen molar-refractivity contribution in [2.75, 3.05) is 26.7 Å². The van der Waals surface area contributed by atoms with Crippen LogP contribution in [0.5, 0.6) is 0 Å². The quantitative estimate of drug-likeness (QED) is 0.760. The molecule has 19 heavy (non-hydrogen) atoms. The lowest BCUT2D eigenvalue weighted by Crippen LogP contribution is -2.32. The molecule has 1 saturated carbocycles. The SMILES string of the molecule is CN(CCNCC(O)c1cc(Cl)ccc1Cl)C1CC1. The zero-order valence-corrected chi connectivity index (χ0v) is 12.6. The van der Waals surface area contributed by atoms with Gasteiger partial charge in [0.2, 0.25) is 0 Å². The molecule has 0 saturated heterocycles. The minimum atomic E-state index is -0.627. The summed E-state index contributed by atoms with van der Waals surface area (Å²) in [6.45, 7) is 2.35. The molecular formula is C14H20Cl2N2O. The molecule has 1 aliphatic carbocycles. The Kier molecular flexibility index (Phi) is 5.48. The van der Waals surface area contributed by atoms with Gasteiger partial charge in [0.05, 0.1) is 6.10 Å². The molecule has 1 atom stereocenters. The molecule has 2 N–H and O–H groups in total. The summed E-state index contributed by atoms with van der Waals surface area (Å²) in [5.41, 5.74) is 0.678. The highest BCUT2D eigenvalue weighted by Crippen LogP contribution is 2.26. The molecule has 2 rings (SSSR count). The zero-order valence-electron chi connectivity index (χ0n) is 11.1. The molecule has 0 radical (unpaired) electrons. The monoisotopic (exact) mass is 302 g/mol. The van der Waals surface area contributed by atoms with Crippen molar-refractivity contribution in [2.45, 2.75) is 25.0 Å². The zero-order chi connectivity index (χ0) is 13.8. The Balaban J connectivity index is 1.74. The van der Waals surface area contributed by atoms with Crippen LogP contribution in [0.2, 0.25) is 10.0 Å². The average Bonchev–Trinajstić information content (AvgIpc) is 3.21. The fourth-order valence-electron chi connectivity index (χ4n) is 2.07. The van der Waals surface area contributed by atoms with Crippen molar-refractivity contribution in [2.24, 2.45) is 0 Å².